The molecule has 0 aliphatic rings. The zero-order valence-electron chi connectivity index (χ0n) is 43.4. The van der Waals surface area contributed by atoms with E-state index < -0.39 is 16.1 Å². The lowest BCUT2D eigenvalue weighted by Gasteiger charge is -2.26. The standard InChI is InChI=1S/C72H60Si2/c1-47-30-36-63-65(42-47)71(59-28-16-24-50-19-12-14-26-57(50)59)64-37-31-48(43-66(64)72(63)60-29-17-25-51-20-13-15-27-58(51)60)40-41-74(5,6)56-35-39-61-68(46-56)70(54-33-32-49-18-10-11-23-53(49)44-54)62-38-34-55(73(2,3)4)45-67(62)69(61)52-21-8-7-9-22-52/h7-39,42-46H,40-41H2,1-6H3. The highest BCUT2D eigenvalue weighted by atomic mass is 28.3. The Labute approximate surface area is 437 Å². The summed E-state index contributed by atoms with van der Waals surface area (Å²) in [5, 5.41) is 21.2. The van der Waals surface area contributed by atoms with E-state index >= 15 is 0 Å². The normalized spacial score (nSPS) is 12.3. The van der Waals surface area contributed by atoms with Crippen molar-refractivity contribution in [3.8, 4) is 44.5 Å². The number of aryl methyl sites for hydroxylation is 2. The zero-order valence-corrected chi connectivity index (χ0v) is 45.4. The third kappa shape index (κ3) is 7.87. The molecular weight excluding hydrogens is 921 g/mol. The van der Waals surface area contributed by atoms with E-state index in [-0.39, 0.29) is 0 Å². The molecule has 0 radical (unpaired) electrons. The van der Waals surface area contributed by atoms with Gasteiger partial charge >= 0.3 is 0 Å². The Bertz CT molecular complexity index is 4370. The van der Waals surface area contributed by atoms with Gasteiger partial charge in [-0.25, -0.2) is 0 Å². The van der Waals surface area contributed by atoms with Crippen LogP contribution in [0.25, 0.3) is 120 Å². The van der Waals surface area contributed by atoms with Crippen LogP contribution in [-0.4, -0.2) is 16.1 Å². The molecule has 0 fully saturated rings. The van der Waals surface area contributed by atoms with Crippen LogP contribution in [0.5, 0.6) is 0 Å². The summed E-state index contributed by atoms with van der Waals surface area (Å²) in [6.07, 6.45) is 1.00. The van der Waals surface area contributed by atoms with Gasteiger partial charge in [-0.05, 0) is 151 Å². The minimum Gasteiger partial charge on any atom is -0.0656 e. The molecule has 13 aromatic carbocycles. The lowest BCUT2D eigenvalue weighted by atomic mass is 9.82. The quantitative estimate of drug-likeness (QED) is 0.0999. The Morgan fingerprint density at radius 1 is 0.297 bits per heavy atom. The molecule has 0 amide bonds. The van der Waals surface area contributed by atoms with Crippen molar-refractivity contribution < 1.29 is 0 Å². The molecule has 13 aromatic rings. The first kappa shape index (κ1) is 45.9. The van der Waals surface area contributed by atoms with E-state index in [4.69, 9.17) is 0 Å². The van der Waals surface area contributed by atoms with Crippen molar-refractivity contribution in [1.82, 2.24) is 0 Å². The van der Waals surface area contributed by atoms with Crippen LogP contribution >= 0.6 is 0 Å². The second kappa shape index (κ2) is 17.9. The summed E-state index contributed by atoms with van der Waals surface area (Å²) >= 11 is 0. The monoisotopic (exact) mass is 980 g/mol. The lowest BCUT2D eigenvalue weighted by Crippen LogP contribution is -2.41. The van der Waals surface area contributed by atoms with E-state index in [1.165, 1.54) is 141 Å². The molecule has 0 unspecified atom stereocenters. The van der Waals surface area contributed by atoms with Crippen LogP contribution in [0.3, 0.4) is 0 Å². The molecule has 0 aliphatic heterocycles. The summed E-state index contributed by atoms with van der Waals surface area (Å²) < 4.78 is 0. The van der Waals surface area contributed by atoms with Crippen molar-refractivity contribution in [3.05, 3.63) is 242 Å². The van der Waals surface area contributed by atoms with Crippen LogP contribution in [0, 0.1) is 6.92 Å². The van der Waals surface area contributed by atoms with Gasteiger partial charge in [0.1, 0.15) is 0 Å². The smallest absolute Gasteiger partial charge is 0.0656 e. The Balaban J connectivity index is 0.991. The average molecular weight is 981 g/mol. The second-order valence-corrected chi connectivity index (χ2v) is 32.5. The third-order valence-corrected chi connectivity index (χ3v) is 21.8. The van der Waals surface area contributed by atoms with Gasteiger partial charge in [-0.2, -0.15) is 0 Å². The molecule has 0 N–H and O–H groups in total. The number of rotatable bonds is 9. The van der Waals surface area contributed by atoms with Gasteiger partial charge in [-0.1, -0.05) is 273 Å². The first-order valence-electron chi connectivity index (χ1n) is 26.5. The van der Waals surface area contributed by atoms with E-state index in [1.54, 1.807) is 0 Å². The fourth-order valence-corrected chi connectivity index (χ4v) is 15.7. The summed E-state index contributed by atoms with van der Waals surface area (Å²) in [7, 11) is -3.70. The first-order valence-corrected chi connectivity index (χ1v) is 33.2. The maximum Gasteiger partial charge on any atom is 0.0809 e. The zero-order chi connectivity index (χ0) is 50.3. The van der Waals surface area contributed by atoms with Gasteiger partial charge in [0.25, 0.3) is 0 Å². The maximum atomic E-state index is 2.62. The van der Waals surface area contributed by atoms with Crippen molar-refractivity contribution in [1.29, 1.82) is 0 Å². The van der Waals surface area contributed by atoms with Crippen LogP contribution in [0.4, 0.5) is 0 Å². The molecule has 0 saturated carbocycles. The molecule has 0 saturated heterocycles. The van der Waals surface area contributed by atoms with E-state index in [0.29, 0.717) is 0 Å². The summed E-state index contributed by atoms with van der Waals surface area (Å²) in [5.41, 5.74) is 13.1. The second-order valence-electron chi connectivity index (χ2n) is 22.6. The molecule has 13 rings (SSSR count). The first-order chi connectivity index (χ1) is 36.0. The van der Waals surface area contributed by atoms with Gasteiger partial charge in [0.2, 0.25) is 0 Å². The van der Waals surface area contributed by atoms with Crippen LogP contribution < -0.4 is 10.4 Å². The minimum absolute atomic E-state index is 1.00. The van der Waals surface area contributed by atoms with E-state index in [9.17, 15) is 0 Å². The number of hydrogen-bond acceptors (Lipinski definition) is 0. The molecule has 2 heteroatoms. The van der Waals surface area contributed by atoms with Crippen molar-refractivity contribution in [2.24, 2.45) is 0 Å². The summed E-state index contributed by atoms with van der Waals surface area (Å²) in [6, 6.07) is 89.3. The Hall–Kier alpha value is -7.89. The highest BCUT2D eigenvalue weighted by Crippen LogP contribution is 2.48. The van der Waals surface area contributed by atoms with Gasteiger partial charge in [0.05, 0.1) is 16.1 Å². The van der Waals surface area contributed by atoms with Crippen molar-refractivity contribution >= 4 is 102 Å². The van der Waals surface area contributed by atoms with E-state index in [1.807, 2.05) is 0 Å². The topological polar surface area (TPSA) is 0 Å². The predicted octanol–water partition coefficient (Wildman–Crippen LogP) is 19.4. The fraction of sp³-hybridized carbons (Fsp3) is 0.111. The van der Waals surface area contributed by atoms with Crippen LogP contribution in [0.15, 0.2) is 231 Å². The Morgan fingerprint density at radius 2 is 0.784 bits per heavy atom. The summed E-state index contributed by atoms with van der Waals surface area (Å²) in [4.78, 5) is 0. The predicted molar refractivity (Wildman–Crippen MR) is 331 cm³/mol. The molecule has 0 aromatic heterocycles. The van der Waals surface area contributed by atoms with Gasteiger partial charge in [-0.3, -0.25) is 0 Å². The Kier molecular flexibility index (Phi) is 11.1. The van der Waals surface area contributed by atoms with E-state index in [0.717, 1.165) is 12.5 Å². The summed E-state index contributed by atoms with van der Waals surface area (Å²) in [5.74, 6) is 0. The van der Waals surface area contributed by atoms with E-state index in [2.05, 4.69) is 270 Å². The van der Waals surface area contributed by atoms with Gasteiger partial charge in [0.15, 0.2) is 0 Å². The highest BCUT2D eigenvalue weighted by molar-refractivity contribution is 6.90. The minimum atomic E-state index is -2.06. The molecule has 0 aliphatic carbocycles. The largest absolute Gasteiger partial charge is 0.0809 e. The molecule has 0 heterocycles. The third-order valence-electron chi connectivity index (χ3n) is 16.4. The number of benzene rings is 13. The van der Waals surface area contributed by atoms with Crippen LogP contribution in [0.2, 0.25) is 38.8 Å². The average Bonchev–Trinajstić information content (AvgIpc) is 3.44. The van der Waals surface area contributed by atoms with Crippen LogP contribution in [-0.2, 0) is 6.42 Å². The number of fused-ring (bicyclic) bond motifs is 7. The van der Waals surface area contributed by atoms with Crippen molar-refractivity contribution in [3.63, 3.8) is 0 Å². The molecule has 0 atom stereocenters. The number of hydrogen-bond donors (Lipinski definition) is 0. The van der Waals surface area contributed by atoms with Crippen LogP contribution in [0.1, 0.15) is 11.1 Å². The molecular formula is C72H60Si2. The molecule has 0 nitrogen and oxygen atoms in total. The summed E-state index contributed by atoms with van der Waals surface area (Å²) in [6.45, 7) is 14.8. The molecule has 356 valence electrons. The molecule has 0 bridgehead atoms. The Morgan fingerprint density at radius 3 is 1.43 bits per heavy atom. The molecule has 74 heavy (non-hydrogen) atoms. The SMILES string of the molecule is Cc1ccc2c(-c3cccc4ccccc34)c3cc(CC[Si](C)(C)c4ccc5c(-c6ccccc6)c6cc([Si](C)(C)C)ccc6c(-c6ccc7ccccc7c6)c5c4)ccc3c(-c3cccc4ccccc34)c2c1. The van der Waals surface area contributed by atoms with Gasteiger partial charge in [-0.15, -0.1) is 0 Å². The molecule has 0 spiro atoms. The van der Waals surface area contributed by atoms with Crippen molar-refractivity contribution in [2.45, 2.75) is 52.1 Å². The van der Waals surface area contributed by atoms with Gasteiger partial charge < -0.3 is 0 Å². The highest BCUT2D eigenvalue weighted by Gasteiger charge is 2.28. The fourth-order valence-electron chi connectivity index (χ4n) is 12.3. The maximum absolute atomic E-state index is 2.62. The lowest BCUT2D eigenvalue weighted by molar-refractivity contribution is 1.10. The van der Waals surface area contributed by atoms with Crippen molar-refractivity contribution in [2.75, 3.05) is 0 Å². The van der Waals surface area contributed by atoms with Gasteiger partial charge in [0, 0.05) is 0 Å².